The summed E-state index contributed by atoms with van der Waals surface area (Å²) < 4.78 is 5.19. The van der Waals surface area contributed by atoms with Crippen molar-refractivity contribution in [2.75, 3.05) is 5.32 Å². The Balaban J connectivity index is 1.82. The molecule has 1 atom stereocenters. The smallest absolute Gasteiger partial charge is 0.310 e. The lowest BCUT2D eigenvalue weighted by molar-refractivity contribution is -0.154. The molecule has 1 N–H and O–H groups in total. The van der Waals surface area contributed by atoms with Gasteiger partial charge in [-0.3, -0.25) is 9.59 Å². The van der Waals surface area contributed by atoms with Gasteiger partial charge in [-0.05, 0) is 40.9 Å². The molecule has 1 aromatic carbocycles. The average molecular weight is 340 g/mol. The van der Waals surface area contributed by atoms with Crippen molar-refractivity contribution in [2.24, 2.45) is 5.92 Å². The molecule has 1 aliphatic carbocycles. The molecule has 0 spiro atoms. The first-order chi connectivity index (χ1) is 9.66. The summed E-state index contributed by atoms with van der Waals surface area (Å²) in [6.45, 7) is 0. The lowest BCUT2D eigenvalue weighted by Crippen LogP contribution is -2.31. The fourth-order valence-corrected chi connectivity index (χ4v) is 2.61. The molecule has 4 nitrogen and oxygen atoms in total. The van der Waals surface area contributed by atoms with E-state index in [1.807, 2.05) is 18.2 Å². The topological polar surface area (TPSA) is 55.4 Å². The van der Waals surface area contributed by atoms with Gasteiger partial charge in [0.15, 0.2) is 0 Å². The van der Waals surface area contributed by atoms with Gasteiger partial charge in [0, 0.05) is 5.69 Å². The van der Waals surface area contributed by atoms with Gasteiger partial charge in [-0.2, -0.15) is 0 Å². The molecule has 2 rings (SSSR count). The van der Waals surface area contributed by atoms with Gasteiger partial charge in [0.2, 0.25) is 5.01 Å². The number of alkyl halides is 1. The van der Waals surface area contributed by atoms with Crippen molar-refractivity contribution in [3.05, 3.63) is 30.3 Å². The van der Waals surface area contributed by atoms with Crippen molar-refractivity contribution in [3.63, 3.8) is 0 Å². The maximum absolute atomic E-state index is 11.9. The second-order valence-electron chi connectivity index (χ2n) is 4.94. The van der Waals surface area contributed by atoms with Gasteiger partial charge in [0.25, 0.3) is 5.91 Å². The average Bonchev–Trinajstić information content (AvgIpc) is 2.49. The van der Waals surface area contributed by atoms with Crippen molar-refractivity contribution < 1.29 is 14.3 Å². The van der Waals surface area contributed by atoms with E-state index in [0.29, 0.717) is 5.69 Å². The maximum atomic E-state index is 11.9. The summed E-state index contributed by atoms with van der Waals surface area (Å²) in [6, 6.07) is 9.07. The molecule has 108 valence electrons. The highest BCUT2D eigenvalue weighted by Gasteiger charge is 2.27. The van der Waals surface area contributed by atoms with E-state index in [2.05, 4.69) is 21.2 Å². The van der Waals surface area contributed by atoms with E-state index < -0.39 is 5.01 Å². The summed E-state index contributed by atoms with van der Waals surface area (Å²) in [6.07, 6.45) is 5.01. The van der Waals surface area contributed by atoms with E-state index in [1.165, 1.54) is 6.42 Å². The zero-order valence-corrected chi connectivity index (χ0v) is 12.8. The number of nitrogens with one attached hydrogen (secondary N) is 1. The molecule has 0 heterocycles. The Kier molecular flexibility index (Phi) is 5.59. The maximum Gasteiger partial charge on any atom is 0.310 e. The molecule has 1 amide bonds. The van der Waals surface area contributed by atoms with E-state index in [9.17, 15) is 9.59 Å². The van der Waals surface area contributed by atoms with Crippen molar-refractivity contribution in [1.82, 2.24) is 0 Å². The van der Waals surface area contributed by atoms with Crippen molar-refractivity contribution in [3.8, 4) is 0 Å². The Morgan fingerprint density at radius 1 is 1.15 bits per heavy atom. The third-order valence-electron chi connectivity index (χ3n) is 3.41. The number of anilines is 1. The summed E-state index contributed by atoms with van der Waals surface area (Å²) in [5.74, 6) is -0.719. The molecule has 1 unspecified atom stereocenters. The minimum absolute atomic E-state index is 0.0617. The van der Waals surface area contributed by atoms with Gasteiger partial charge in [-0.1, -0.05) is 37.5 Å². The van der Waals surface area contributed by atoms with Crippen LogP contribution < -0.4 is 5.32 Å². The Morgan fingerprint density at radius 2 is 1.80 bits per heavy atom. The van der Waals surface area contributed by atoms with E-state index >= 15 is 0 Å². The number of carbonyl (C=O) groups is 2. The summed E-state index contributed by atoms with van der Waals surface area (Å²) in [5, 5.41) is 1.74. The fraction of sp³-hybridized carbons (Fsp3) is 0.467. The number of rotatable bonds is 4. The van der Waals surface area contributed by atoms with Gasteiger partial charge in [-0.25, -0.2) is 0 Å². The molecule has 1 fully saturated rings. The van der Waals surface area contributed by atoms with Crippen LogP contribution in [-0.2, 0) is 14.3 Å². The van der Waals surface area contributed by atoms with Crippen LogP contribution in [0.5, 0.6) is 0 Å². The predicted molar refractivity (Wildman–Crippen MR) is 80.5 cm³/mol. The number of halogens is 1. The van der Waals surface area contributed by atoms with Crippen LogP contribution in [-0.4, -0.2) is 16.9 Å². The molecule has 1 saturated carbocycles. The zero-order valence-electron chi connectivity index (χ0n) is 11.2. The van der Waals surface area contributed by atoms with Crippen LogP contribution in [0.3, 0.4) is 0 Å². The highest BCUT2D eigenvalue weighted by atomic mass is 79.9. The fourth-order valence-electron chi connectivity index (χ4n) is 2.31. The number of benzene rings is 1. The highest BCUT2D eigenvalue weighted by Crippen LogP contribution is 2.25. The number of hydrogen-bond acceptors (Lipinski definition) is 3. The molecule has 1 aliphatic rings. The molecule has 1 aromatic rings. The van der Waals surface area contributed by atoms with Gasteiger partial charge >= 0.3 is 5.97 Å². The van der Waals surface area contributed by atoms with Crippen LogP contribution >= 0.6 is 15.9 Å². The lowest BCUT2D eigenvalue weighted by atomic mass is 9.89. The third kappa shape index (κ3) is 4.34. The molecule has 0 aromatic heterocycles. The number of hydrogen-bond donors (Lipinski definition) is 1. The second kappa shape index (κ2) is 7.43. The van der Waals surface area contributed by atoms with Crippen LogP contribution in [0.15, 0.2) is 30.3 Å². The van der Waals surface area contributed by atoms with Crippen LogP contribution in [0.4, 0.5) is 5.69 Å². The quantitative estimate of drug-likeness (QED) is 0.675. The monoisotopic (exact) mass is 339 g/mol. The molecule has 20 heavy (non-hydrogen) atoms. The van der Waals surface area contributed by atoms with Crippen LogP contribution in [0.2, 0.25) is 0 Å². The first-order valence-electron chi connectivity index (χ1n) is 6.87. The number of para-hydroxylation sites is 1. The largest absolute Gasteiger partial charge is 0.440 e. The third-order valence-corrected chi connectivity index (χ3v) is 4.01. The van der Waals surface area contributed by atoms with Crippen molar-refractivity contribution in [1.29, 1.82) is 0 Å². The summed E-state index contributed by atoms with van der Waals surface area (Å²) in [7, 11) is 0. The number of esters is 1. The Labute approximate surface area is 127 Å². The van der Waals surface area contributed by atoms with Gasteiger partial charge < -0.3 is 10.1 Å². The Morgan fingerprint density at radius 3 is 2.45 bits per heavy atom. The Bertz CT molecular complexity index is 457. The molecule has 0 bridgehead atoms. The molecule has 0 saturated heterocycles. The summed E-state index contributed by atoms with van der Waals surface area (Å²) in [4.78, 5) is 23.8. The first-order valence-corrected chi connectivity index (χ1v) is 7.79. The normalized spacial score (nSPS) is 17.2. The van der Waals surface area contributed by atoms with Gasteiger partial charge in [0.1, 0.15) is 0 Å². The molecular weight excluding hydrogens is 322 g/mol. The van der Waals surface area contributed by atoms with E-state index in [1.54, 1.807) is 12.1 Å². The van der Waals surface area contributed by atoms with Gasteiger partial charge in [0.05, 0.1) is 5.92 Å². The molecule has 0 aliphatic heterocycles. The Hall–Kier alpha value is -1.36. The molecular formula is C15H18BrNO3. The lowest BCUT2D eigenvalue weighted by Gasteiger charge is -2.21. The minimum atomic E-state index is -0.947. The molecule has 5 heteroatoms. The van der Waals surface area contributed by atoms with Gasteiger partial charge in [-0.15, -0.1) is 0 Å². The van der Waals surface area contributed by atoms with E-state index in [0.717, 1.165) is 25.7 Å². The second-order valence-corrected chi connectivity index (χ2v) is 5.77. The number of ether oxygens (including phenoxy) is 1. The van der Waals surface area contributed by atoms with Crippen LogP contribution in [0.25, 0.3) is 0 Å². The minimum Gasteiger partial charge on any atom is -0.440 e. The zero-order chi connectivity index (χ0) is 14.4. The van der Waals surface area contributed by atoms with Crippen LogP contribution in [0, 0.1) is 5.92 Å². The van der Waals surface area contributed by atoms with Crippen LogP contribution in [0.1, 0.15) is 32.1 Å². The number of amides is 1. The SMILES string of the molecule is O=C(OC(Br)C(=O)Nc1ccccc1)C1CCCCC1. The highest BCUT2D eigenvalue weighted by molar-refractivity contribution is 9.09. The predicted octanol–water partition coefficient (Wildman–Crippen LogP) is 3.47. The van der Waals surface area contributed by atoms with Crippen molar-refractivity contribution in [2.45, 2.75) is 37.1 Å². The van der Waals surface area contributed by atoms with E-state index in [4.69, 9.17) is 4.74 Å². The standard InChI is InChI=1S/C15H18BrNO3/c16-13(14(18)17-12-9-5-2-6-10-12)20-15(19)11-7-3-1-4-8-11/h2,5-6,9-11,13H,1,3-4,7-8H2,(H,17,18). The summed E-state index contributed by atoms with van der Waals surface area (Å²) in [5.41, 5.74) is 0.677. The first kappa shape index (κ1) is 15.0. The molecule has 0 radical (unpaired) electrons. The number of carbonyl (C=O) groups excluding carboxylic acids is 2. The van der Waals surface area contributed by atoms with Crippen molar-refractivity contribution >= 4 is 33.5 Å². The van der Waals surface area contributed by atoms with E-state index in [-0.39, 0.29) is 17.8 Å². The summed E-state index contributed by atoms with van der Waals surface area (Å²) >= 11 is 3.11.